The van der Waals surface area contributed by atoms with Crippen LogP contribution >= 0.6 is 0 Å². The van der Waals surface area contributed by atoms with E-state index in [0.29, 0.717) is 18.4 Å². The van der Waals surface area contributed by atoms with Crippen molar-refractivity contribution in [3.63, 3.8) is 0 Å². The molecule has 0 bridgehead atoms. The fourth-order valence-electron chi connectivity index (χ4n) is 3.33. The minimum Gasteiger partial charge on any atom is -0.441 e. The summed E-state index contributed by atoms with van der Waals surface area (Å²) in [5.41, 5.74) is 2.88. The zero-order valence-corrected chi connectivity index (χ0v) is 14.1. The van der Waals surface area contributed by atoms with Gasteiger partial charge in [0.25, 0.3) is 0 Å². The van der Waals surface area contributed by atoms with E-state index in [1.807, 2.05) is 43.0 Å². The van der Waals surface area contributed by atoms with Crippen molar-refractivity contribution in [2.75, 3.05) is 6.54 Å². The third kappa shape index (κ3) is 3.31. The molecule has 1 aliphatic rings. The summed E-state index contributed by atoms with van der Waals surface area (Å²) in [5.74, 6) is 1.51. The van der Waals surface area contributed by atoms with Gasteiger partial charge < -0.3 is 9.32 Å². The van der Waals surface area contributed by atoms with Crippen LogP contribution in [0, 0.1) is 13.8 Å². The van der Waals surface area contributed by atoms with E-state index in [9.17, 15) is 4.79 Å². The first-order chi connectivity index (χ1) is 11.1. The van der Waals surface area contributed by atoms with Crippen LogP contribution in [0.2, 0.25) is 0 Å². The van der Waals surface area contributed by atoms with Gasteiger partial charge >= 0.3 is 0 Å². The molecule has 1 unspecified atom stereocenters. The average Bonchev–Trinajstić information content (AvgIpc) is 3.14. The average molecular weight is 312 g/mol. The van der Waals surface area contributed by atoms with Gasteiger partial charge in [-0.15, -0.1) is 0 Å². The van der Waals surface area contributed by atoms with Crippen molar-refractivity contribution >= 4 is 5.91 Å². The van der Waals surface area contributed by atoms with Crippen molar-refractivity contribution in [2.24, 2.45) is 0 Å². The summed E-state index contributed by atoms with van der Waals surface area (Å²) in [7, 11) is 0. The van der Waals surface area contributed by atoms with Gasteiger partial charge in [0.15, 0.2) is 0 Å². The number of benzene rings is 1. The van der Waals surface area contributed by atoms with E-state index in [4.69, 9.17) is 4.42 Å². The molecule has 4 nitrogen and oxygen atoms in total. The highest BCUT2D eigenvalue weighted by molar-refractivity contribution is 5.79. The monoisotopic (exact) mass is 312 g/mol. The van der Waals surface area contributed by atoms with E-state index in [2.05, 4.69) is 11.9 Å². The SMILES string of the molecule is CCC1CCCN1C(=O)Cc1nc(-c2cccc(C)c2)oc1C. The molecule has 0 aliphatic carbocycles. The smallest absolute Gasteiger partial charge is 0.228 e. The van der Waals surface area contributed by atoms with Crippen LogP contribution in [0.1, 0.15) is 43.2 Å². The minimum absolute atomic E-state index is 0.168. The lowest BCUT2D eigenvalue weighted by atomic mass is 10.1. The molecule has 1 fully saturated rings. The first kappa shape index (κ1) is 15.8. The van der Waals surface area contributed by atoms with Crippen LogP contribution in [0.15, 0.2) is 28.7 Å². The molecule has 1 atom stereocenters. The molecular formula is C19H24N2O2. The number of oxazole rings is 1. The Morgan fingerprint density at radius 1 is 1.39 bits per heavy atom. The summed E-state index contributed by atoms with van der Waals surface area (Å²) in [6.07, 6.45) is 3.58. The predicted molar refractivity (Wildman–Crippen MR) is 90.1 cm³/mol. The van der Waals surface area contributed by atoms with E-state index in [-0.39, 0.29) is 5.91 Å². The Balaban J connectivity index is 1.78. The van der Waals surface area contributed by atoms with E-state index in [1.165, 1.54) is 5.56 Å². The van der Waals surface area contributed by atoms with Crippen molar-refractivity contribution in [3.8, 4) is 11.5 Å². The molecule has 1 amide bonds. The fraction of sp³-hybridized carbons (Fsp3) is 0.474. The van der Waals surface area contributed by atoms with Crippen molar-refractivity contribution in [1.82, 2.24) is 9.88 Å². The molecule has 0 radical (unpaired) electrons. The first-order valence-electron chi connectivity index (χ1n) is 8.41. The number of rotatable bonds is 4. The molecule has 1 aromatic heterocycles. The fourth-order valence-corrected chi connectivity index (χ4v) is 3.33. The van der Waals surface area contributed by atoms with Crippen LogP contribution in [0.25, 0.3) is 11.5 Å². The molecule has 1 saturated heterocycles. The van der Waals surface area contributed by atoms with Gasteiger partial charge in [0.05, 0.1) is 12.1 Å². The lowest BCUT2D eigenvalue weighted by Crippen LogP contribution is -2.36. The van der Waals surface area contributed by atoms with E-state index in [0.717, 1.165) is 42.8 Å². The molecule has 1 aliphatic heterocycles. The molecule has 2 aromatic rings. The minimum atomic E-state index is 0.168. The summed E-state index contributed by atoms with van der Waals surface area (Å²) in [6.45, 7) is 6.95. The van der Waals surface area contributed by atoms with Gasteiger partial charge in [-0.1, -0.05) is 24.6 Å². The second kappa shape index (κ2) is 6.57. The predicted octanol–water partition coefficient (Wildman–Crippen LogP) is 3.90. The molecule has 23 heavy (non-hydrogen) atoms. The molecular weight excluding hydrogens is 288 g/mol. The highest BCUT2D eigenvalue weighted by Crippen LogP contribution is 2.25. The van der Waals surface area contributed by atoms with Crippen LogP contribution in [-0.4, -0.2) is 28.4 Å². The molecule has 0 saturated carbocycles. The maximum Gasteiger partial charge on any atom is 0.228 e. The summed E-state index contributed by atoms with van der Waals surface area (Å²) in [4.78, 5) is 19.2. The van der Waals surface area contributed by atoms with Crippen molar-refractivity contribution in [1.29, 1.82) is 0 Å². The Morgan fingerprint density at radius 3 is 2.96 bits per heavy atom. The number of likely N-dealkylation sites (tertiary alicyclic amines) is 1. The van der Waals surface area contributed by atoms with E-state index >= 15 is 0 Å². The number of hydrogen-bond donors (Lipinski definition) is 0. The number of amides is 1. The second-order valence-corrected chi connectivity index (χ2v) is 6.36. The maximum absolute atomic E-state index is 12.6. The van der Waals surface area contributed by atoms with Crippen LogP contribution < -0.4 is 0 Å². The van der Waals surface area contributed by atoms with Gasteiger partial charge in [-0.3, -0.25) is 4.79 Å². The largest absolute Gasteiger partial charge is 0.441 e. The highest BCUT2D eigenvalue weighted by Gasteiger charge is 2.28. The number of carbonyl (C=O) groups is 1. The highest BCUT2D eigenvalue weighted by atomic mass is 16.4. The summed E-state index contributed by atoms with van der Waals surface area (Å²) in [5, 5.41) is 0. The quantitative estimate of drug-likeness (QED) is 0.860. The number of aromatic nitrogens is 1. The molecule has 2 heterocycles. The number of hydrogen-bond acceptors (Lipinski definition) is 3. The Bertz CT molecular complexity index is 705. The van der Waals surface area contributed by atoms with Gasteiger partial charge in [0, 0.05) is 18.2 Å². The van der Waals surface area contributed by atoms with E-state index < -0.39 is 0 Å². The zero-order chi connectivity index (χ0) is 16.4. The number of aryl methyl sites for hydroxylation is 2. The van der Waals surface area contributed by atoms with Crippen LogP contribution in [0.3, 0.4) is 0 Å². The summed E-state index contributed by atoms with van der Waals surface area (Å²) < 4.78 is 5.79. The summed E-state index contributed by atoms with van der Waals surface area (Å²) in [6, 6.07) is 8.46. The number of nitrogens with zero attached hydrogens (tertiary/aromatic N) is 2. The van der Waals surface area contributed by atoms with Crippen molar-refractivity contribution in [3.05, 3.63) is 41.3 Å². The van der Waals surface area contributed by atoms with Gasteiger partial charge in [-0.25, -0.2) is 4.98 Å². The standard InChI is InChI=1S/C19H24N2O2/c1-4-16-9-6-10-21(16)18(22)12-17-14(3)23-19(20-17)15-8-5-7-13(2)11-15/h5,7-8,11,16H,4,6,9-10,12H2,1-3H3. The Kier molecular flexibility index (Phi) is 4.51. The molecule has 3 rings (SSSR count). The van der Waals surface area contributed by atoms with Crippen molar-refractivity contribution < 1.29 is 9.21 Å². The van der Waals surface area contributed by atoms with Gasteiger partial charge in [-0.2, -0.15) is 0 Å². The van der Waals surface area contributed by atoms with Gasteiger partial charge in [0.2, 0.25) is 11.8 Å². The molecule has 0 N–H and O–H groups in total. The van der Waals surface area contributed by atoms with Gasteiger partial charge in [-0.05, 0) is 45.2 Å². The zero-order valence-electron chi connectivity index (χ0n) is 14.1. The maximum atomic E-state index is 12.6. The van der Waals surface area contributed by atoms with Crippen molar-refractivity contribution in [2.45, 2.75) is 52.5 Å². The third-order valence-corrected chi connectivity index (χ3v) is 4.65. The lowest BCUT2D eigenvalue weighted by Gasteiger charge is -2.23. The normalized spacial score (nSPS) is 17.7. The molecule has 0 spiro atoms. The molecule has 122 valence electrons. The Hall–Kier alpha value is -2.10. The van der Waals surface area contributed by atoms with Crippen LogP contribution in [-0.2, 0) is 11.2 Å². The van der Waals surface area contributed by atoms with Gasteiger partial charge in [0.1, 0.15) is 5.76 Å². The third-order valence-electron chi connectivity index (χ3n) is 4.65. The molecule has 1 aromatic carbocycles. The Labute approximate surface area is 137 Å². The van der Waals surface area contributed by atoms with E-state index in [1.54, 1.807) is 0 Å². The Morgan fingerprint density at radius 2 is 2.22 bits per heavy atom. The van der Waals surface area contributed by atoms with Crippen LogP contribution in [0.5, 0.6) is 0 Å². The first-order valence-corrected chi connectivity index (χ1v) is 8.41. The molecule has 4 heteroatoms. The number of carbonyl (C=O) groups excluding carboxylic acids is 1. The second-order valence-electron chi connectivity index (χ2n) is 6.36. The lowest BCUT2D eigenvalue weighted by molar-refractivity contribution is -0.131. The topological polar surface area (TPSA) is 46.3 Å². The summed E-state index contributed by atoms with van der Waals surface area (Å²) >= 11 is 0. The van der Waals surface area contributed by atoms with Crippen LogP contribution in [0.4, 0.5) is 0 Å².